The van der Waals surface area contributed by atoms with Crippen LogP contribution in [0.5, 0.6) is 0 Å². The highest BCUT2D eigenvalue weighted by molar-refractivity contribution is 6.30. The van der Waals surface area contributed by atoms with Crippen LogP contribution < -0.4 is 0 Å². The van der Waals surface area contributed by atoms with Gasteiger partial charge in [0.1, 0.15) is 0 Å². The molecule has 5 heteroatoms. The Balaban J connectivity index is 2.12. The normalized spacial score (nSPS) is 10.2. The van der Waals surface area contributed by atoms with Crippen molar-refractivity contribution in [3.63, 3.8) is 0 Å². The molecule has 2 aromatic rings. The van der Waals surface area contributed by atoms with Crippen LogP contribution in [0.2, 0.25) is 5.02 Å². The smallest absolute Gasteiger partial charge is 0.303 e. The van der Waals surface area contributed by atoms with Gasteiger partial charge in [0.15, 0.2) is 12.4 Å². The number of hydrogen-bond donors (Lipinski definition) is 0. The number of ether oxygens (including phenoxy) is 1. The summed E-state index contributed by atoms with van der Waals surface area (Å²) in [7, 11) is 0. The quantitative estimate of drug-likeness (QED) is 0.787. The Bertz CT molecular complexity index is 519. The van der Waals surface area contributed by atoms with Crippen LogP contribution in [0.3, 0.4) is 0 Å². The number of aromatic nitrogens is 1. The third kappa shape index (κ3) is 3.07. The van der Waals surface area contributed by atoms with Crippen molar-refractivity contribution in [3.05, 3.63) is 41.2 Å². The van der Waals surface area contributed by atoms with E-state index < -0.39 is 0 Å². The first kappa shape index (κ1) is 11.7. The number of halogens is 1. The summed E-state index contributed by atoms with van der Waals surface area (Å²) in [6, 6.07) is 7.13. The Morgan fingerprint density at radius 3 is 2.76 bits per heavy atom. The molecule has 0 atom stereocenters. The molecule has 1 heterocycles. The standard InChI is InChI=1S/C12H10ClNO3/c1-8(15)16-7-11-6-14-12(17-11)9-2-4-10(13)5-3-9/h2-6H,7H2,1H3. The molecule has 0 aliphatic rings. The third-order valence-electron chi connectivity index (χ3n) is 2.06. The molecule has 0 radical (unpaired) electrons. The first-order valence-corrected chi connectivity index (χ1v) is 5.37. The van der Waals surface area contributed by atoms with Gasteiger partial charge < -0.3 is 9.15 Å². The second kappa shape index (κ2) is 5.01. The predicted octanol–water partition coefficient (Wildman–Crippen LogP) is 3.06. The van der Waals surface area contributed by atoms with Crippen molar-refractivity contribution in [2.24, 2.45) is 0 Å². The Kier molecular flexibility index (Phi) is 3.44. The van der Waals surface area contributed by atoms with Crippen molar-refractivity contribution in [3.8, 4) is 11.5 Å². The zero-order valence-electron chi connectivity index (χ0n) is 9.14. The van der Waals surface area contributed by atoms with E-state index in [2.05, 4.69) is 4.98 Å². The van der Waals surface area contributed by atoms with E-state index in [4.69, 9.17) is 20.8 Å². The predicted molar refractivity (Wildman–Crippen MR) is 62.4 cm³/mol. The Labute approximate surface area is 103 Å². The summed E-state index contributed by atoms with van der Waals surface area (Å²) in [6.45, 7) is 1.44. The minimum absolute atomic E-state index is 0.0932. The minimum Gasteiger partial charge on any atom is -0.458 e. The summed E-state index contributed by atoms with van der Waals surface area (Å²) in [6.07, 6.45) is 1.53. The van der Waals surface area contributed by atoms with Gasteiger partial charge in [-0.2, -0.15) is 0 Å². The second-order valence-electron chi connectivity index (χ2n) is 3.42. The number of hydrogen-bond acceptors (Lipinski definition) is 4. The monoisotopic (exact) mass is 251 g/mol. The zero-order chi connectivity index (χ0) is 12.3. The van der Waals surface area contributed by atoms with E-state index in [9.17, 15) is 4.79 Å². The van der Waals surface area contributed by atoms with Gasteiger partial charge in [-0.3, -0.25) is 4.79 Å². The maximum Gasteiger partial charge on any atom is 0.303 e. The number of carbonyl (C=O) groups is 1. The van der Waals surface area contributed by atoms with E-state index in [0.29, 0.717) is 16.7 Å². The summed E-state index contributed by atoms with van der Waals surface area (Å²) in [4.78, 5) is 14.7. The molecule has 0 N–H and O–H groups in total. The van der Waals surface area contributed by atoms with Gasteiger partial charge in [-0.25, -0.2) is 4.98 Å². The van der Waals surface area contributed by atoms with Gasteiger partial charge in [0.25, 0.3) is 0 Å². The molecule has 0 saturated heterocycles. The number of benzene rings is 1. The topological polar surface area (TPSA) is 52.3 Å². The van der Waals surface area contributed by atoms with Crippen molar-refractivity contribution in [2.45, 2.75) is 13.5 Å². The van der Waals surface area contributed by atoms with Crippen LogP contribution in [-0.2, 0) is 16.1 Å². The van der Waals surface area contributed by atoms with Crippen molar-refractivity contribution in [1.29, 1.82) is 0 Å². The number of carbonyl (C=O) groups excluding carboxylic acids is 1. The molecule has 0 bridgehead atoms. The second-order valence-corrected chi connectivity index (χ2v) is 3.86. The van der Waals surface area contributed by atoms with Crippen LogP contribution in [0.15, 0.2) is 34.9 Å². The molecule has 17 heavy (non-hydrogen) atoms. The van der Waals surface area contributed by atoms with E-state index in [1.165, 1.54) is 13.1 Å². The summed E-state index contributed by atoms with van der Waals surface area (Å²) in [5.74, 6) is 0.628. The number of esters is 1. The summed E-state index contributed by atoms with van der Waals surface area (Å²) in [5, 5.41) is 0.653. The largest absolute Gasteiger partial charge is 0.458 e. The van der Waals surface area contributed by atoms with E-state index >= 15 is 0 Å². The van der Waals surface area contributed by atoms with Gasteiger partial charge in [-0.15, -0.1) is 0 Å². The summed E-state index contributed by atoms with van der Waals surface area (Å²) < 4.78 is 10.2. The zero-order valence-corrected chi connectivity index (χ0v) is 9.90. The van der Waals surface area contributed by atoms with E-state index in [0.717, 1.165) is 5.56 Å². The molecular formula is C12H10ClNO3. The van der Waals surface area contributed by atoms with Gasteiger partial charge in [0, 0.05) is 17.5 Å². The Hall–Kier alpha value is -1.81. The average Bonchev–Trinajstić information content (AvgIpc) is 2.76. The average molecular weight is 252 g/mol. The van der Waals surface area contributed by atoms with Crippen LogP contribution >= 0.6 is 11.6 Å². The molecule has 1 aromatic heterocycles. The molecule has 0 spiro atoms. The third-order valence-corrected chi connectivity index (χ3v) is 2.31. The van der Waals surface area contributed by atoms with E-state index in [-0.39, 0.29) is 12.6 Å². The lowest BCUT2D eigenvalue weighted by molar-refractivity contribution is -0.142. The molecule has 0 aliphatic heterocycles. The van der Waals surface area contributed by atoms with Crippen molar-refractivity contribution >= 4 is 17.6 Å². The fraction of sp³-hybridized carbons (Fsp3) is 0.167. The fourth-order valence-electron chi connectivity index (χ4n) is 1.27. The van der Waals surface area contributed by atoms with Crippen molar-refractivity contribution in [1.82, 2.24) is 4.98 Å². The maximum absolute atomic E-state index is 10.6. The fourth-order valence-corrected chi connectivity index (χ4v) is 1.40. The molecule has 0 saturated carbocycles. The molecule has 0 aliphatic carbocycles. The number of rotatable bonds is 3. The summed E-state index contributed by atoms with van der Waals surface area (Å²) >= 11 is 5.78. The SMILES string of the molecule is CC(=O)OCc1cnc(-c2ccc(Cl)cc2)o1. The molecule has 0 unspecified atom stereocenters. The molecule has 0 amide bonds. The molecule has 1 aromatic carbocycles. The summed E-state index contributed by atoms with van der Waals surface area (Å²) in [5.41, 5.74) is 0.823. The lowest BCUT2D eigenvalue weighted by Gasteiger charge is -1.97. The first-order chi connectivity index (χ1) is 8.15. The Morgan fingerprint density at radius 1 is 1.41 bits per heavy atom. The molecular weight excluding hydrogens is 242 g/mol. The first-order valence-electron chi connectivity index (χ1n) is 4.99. The van der Waals surface area contributed by atoms with Gasteiger partial charge in [-0.1, -0.05) is 11.6 Å². The van der Waals surface area contributed by atoms with Gasteiger partial charge in [0.2, 0.25) is 5.89 Å². The maximum atomic E-state index is 10.6. The highest BCUT2D eigenvalue weighted by Crippen LogP contribution is 2.21. The Morgan fingerprint density at radius 2 is 2.12 bits per heavy atom. The molecule has 2 rings (SSSR count). The van der Waals surface area contributed by atoms with Gasteiger partial charge in [-0.05, 0) is 24.3 Å². The van der Waals surface area contributed by atoms with Crippen LogP contribution in [0.25, 0.3) is 11.5 Å². The van der Waals surface area contributed by atoms with E-state index in [1.807, 2.05) is 12.1 Å². The van der Waals surface area contributed by atoms with Gasteiger partial charge >= 0.3 is 5.97 Å². The van der Waals surface area contributed by atoms with Crippen LogP contribution in [-0.4, -0.2) is 11.0 Å². The highest BCUT2D eigenvalue weighted by Gasteiger charge is 2.07. The molecule has 88 valence electrons. The lowest BCUT2D eigenvalue weighted by atomic mass is 10.2. The number of oxazole rings is 1. The molecule has 0 fully saturated rings. The van der Waals surface area contributed by atoms with Crippen molar-refractivity contribution < 1.29 is 13.9 Å². The van der Waals surface area contributed by atoms with Crippen molar-refractivity contribution in [2.75, 3.05) is 0 Å². The van der Waals surface area contributed by atoms with E-state index in [1.54, 1.807) is 12.1 Å². The van der Waals surface area contributed by atoms with Crippen LogP contribution in [0.4, 0.5) is 0 Å². The minimum atomic E-state index is -0.352. The highest BCUT2D eigenvalue weighted by atomic mass is 35.5. The lowest BCUT2D eigenvalue weighted by Crippen LogP contribution is -1.97. The van der Waals surface area contributed by atoms with Crippen LogP contribution in [0.1, 0.15) is 12.7 Å². The van der Waals surface area contributed by atoms with Crippen LogP contribution in [0, 0.1) is 0 Å². The van der Waals surface area contributed by atoms with Gasteiger partial charge in [0.05, 0.1) is 6.20 Å². The number of nitrogens with zero attached hydrogens (tertiary/aromatic N) is 1. The molecule has 4 nitrogen and oxygen atoms in total.